The van der Waals surface area contributed by atoms with Gasteiger partial charge in [-0.1, -0.05) is 13.3 Å². The molecule has 1 rings (SSSR count). The predicted molar refractivity (Wildman–Crippen MR) is 130 cm³/mol. The van der Waals surface area contributed by atoms with E-state index in [1.165, 1.54) is 14.0 Å². The molecule has 0 aromatic carbocycles. The summed E-state index contributed by atoms with van der Waals surface area (Å²) in [5.74, 6) is -1.66. The van der Waals surface area contributed by atoms with Crippen LogP contribution in [0.15, 0.2) is 0 Å². The minimum Gasteiger partial charge on any atom is -0.468 e. The molecule has 0 bridgehead atoms. The van der Waals surface area contributed by atoms with Gasteiger partial charge in [0.25, 0.3) is 0 Å². The molecule has 11 nitrogen and oxygen atoms in total. The Labute approximate surface area is 205 Å². The number of methoxy groups -OCH3 is 1. The van der Waals surface area contributed by atoms with E-state index in [1.807, 2.05) is 6.26 Å². The van der Waals surface area contributed by atoms with Crippen molar-refractivity contribution in [2.45, 2.75) is 64.1 Å². The molecule has 0 radical (unpaired) electrons. The van der Waals surface area contributed by atoms with Crippen LogP contribution in [0.3, 0.4) is 0 Å². The van der Waals surface area contributed by atoms with Crippen LogP contribution in [0, 0.1) is 0 Å². The molecule has 0 aromatic heterocycles. The molecule has 194 valence electrons. The first-order valence-electron chi connectivity index (χ1n) is 11.7. The molecular formula is C22H39N5O6S. The second-order valence-electron chi connectivity index (χ2n) is 8.19. The van der Waals surface area contributed by atoms with Crippen LogP contribution < -0.4 is 21.3 Å². The van der Waals surface area contributed by atoms with Gasteiger partial charge in [0.15, 0.2) is 0 Å². The average Bonchev–Trinajstić information content (AvgIpc) is 3.30. The van der Waals surface area contributed by atoms with Crippen LogP contribution >= 0.6 is 11.8 Å². The van der Waals surface area contributed by atoms with Crippen molar-refractivity contribution >= 4 is 41.4 Å². The zero-order valence-corrected chi connectivity index (χ0v) is 21.4. The highest BCUT2D eigenvalue weighted by atomic mass is 32.2. The number of hydrogen-bond donors (Lipinski definition) is 4. The Morgan fingerprint density at radius 1 is 1.09 bits per heavy atom. The lowest BCUT2D eigenvalue weighted by atomic mass is 10.1. The zero-order chi connectivity index (χ0) is 25.5. The molecule has 1 aliphatic rings. The first-order valence-corrected chi connectivity index (χ1v) is 13.1. The third-order valence-corrected chi connectivity index (χ3v) is 6.19. The van der Waals surface area contributed by atoms with Crippen LogP contribution in [0.2, 0.25) is 0 Å². The van der Waals surface area contributed by atoms with Crippen molar-refractivity contribution in [1.29, 1.82) is 0 Å². The number of carbonyl (C=O) groups excluding carboxylic acids is 5. The summed E-state index contributed by atoms with van der Waals surface area (Å²) in [5, 5.41) is 10.2. The average molecular weight is 502 g/mol. The van der Waals surface area contributed by atoms with E-state index in [9.17, 15) is 24.0 Å². The molecule has 1 aliphatic heterocycles. The van der Waals surface area contributed by atoms with Gasteiger partial charge in [-0.25, -0.2) is 0 Å². The standard InChI is InChI=1S/C22H39N5O6S/c1-5-6-10-27-11-7-8-17(27)22(32)26-16(9-12-34-4)21(31)25-15(2)20(30)24-13-18(28)23-14-19(29)33-3/h15-17H,5-14H2,1-4H3,(H,23,28)(H,24,30)(H,25,31)(H,26,32)/t15-,16-,17-/m0/s1. The maximum Gasteiger partial charge on any atom is 0.325 e. The Balaban J connectivity index is 2.59. The molecule has 3 atom stereocenters. The highest BCUT2D eigenvalue weighted by Crippen LogP contribution is 2.18. The smallest absolute Gasteiger partial charge is 0.325 e. The normalized spacial score (nSPS) is 17.4. The van der Waals surface area contributed by atoms with Crippen molar-refractivity contribution in [3.05, 3.63) is 0 Å². The Morgan fingerprint density at radius 2 is 1.82 bits per heavy atom. The van der Waals surface area contributed by atoms with Crippen molar-refractivity contribution in [2.24, 2.45) is 0 Å². The molecule has 0 unspecified atom stereocenters. The summed E-state index contributed by atoms with van der Waals surface area (Å²) in [4.78, 5) is 63.0. The number of nitrogens with one attached hydrogen (secondary N) is 4. The van der Waals surface area contributed by atoms with E-state index in [1.54, 1.807) is 11.8 Å². The number of nitrogens with zero attached hydrogens (tertiary/aromatic N) is 1. The fourth-order valence-electron chi connectivity index (χ4n) is 3.53. The summed E-state index contributed by atoms with van der Waals surface area (Å²) in [6, 6.07) is -1.91. The van der Waals surface area contributed by atoms with E-state index in [0.717, 1.165) is 38.8 Å². The molecule has 0 aliphatic carbocycles. The van der Waals surface area contributed by atoms with Crippen molar-refractivity contribution in [3.63, 3.8) is 0 Å². The SMILES string of the molecule is CCCCN1CCC[C@H]1C(=O)N[C@@H](CCSC)C(=O)N[C@@H](C)C(=O)NCC(=O)NCC(=O)OC. The summed E-state index contributed by atoms with van der Waals surface area (Å²) < 4.78 is 4.42. The minimum absolute atomic E-state index is 0.158. The summed E-state index contributed by atoms with van der Waals surface area (Å²) >= 11 is 1.56. The molecule has 0 saturated carbocycles. The lowest BCUT2D eigenvalue weighted by Gasteiger charge is -2.26. The Hall–Kier alpha value is -2.34. The largest absolute Gasteiger partial charge is 0.468 e. The monoisotopic (exact) mass is 501 g/mol. The van der Waals surface area contributed by atoms with E-state index in [2.05, 4.69) is 37.8 Å². The number of ether oxygens (including phenoxy) is 1. The van der Waals surface area contributed by atoms with Gasteiger partial charge in [0.2, 0.25) is 23.6 Å². The third-order valence-electron chi connectivity index (χ3n) is 5.54. The van der Waals surface area contributed by atoms with Crippen LogP contribution in [-0.4, -0.2) is 97.9 Å². The van der Waals surface area contributed by atoms with Crippen LogP contribution in [-0.2, 0) is 28.7 Å². The van der Waals surface area contributed by atoms with E-state index in [4.69, 9.17) is 0 Å². The van der Waals surface area contributed by atoms with E-state index < -0.39 is 35.8 Å². The van der Waals surface area contributed by atoms with Gasteiger partial charge in [-0.2, -0.15) is 11.8 Å². The van der Waals surface area contributed by atoms with Crippen molar-refractivity contribution in [3.8, 4) is 0 Å². The number of hydrogen-bond acceptors (Lipinski definition) is 8. The van der Waals surface area contributed by atoms with E-state index in [-0.39, 0.29) is 25.0 Å². The molecule has 4 N–H and O–H groups in total. The maximum atomic E-state index is 12.9. The molecule has 0 aromatic rings. The fraction of sp³-hybridized carbons (Fsp3) is 0.773. The molecular weight excluding hydrogens is 462 g/mol. The van der Waals surface area contributed by atoms with Gasteiger partial charge in [0.1, 0.15) is 18.6 Å². The van der Waals surface area contributed by atoms with Crippen LogP contribution in [0.4, 0.5) is 0 Å². The predicted octanol–water partition coefficient (Wildman–Crippen LogP) is -0.601. The molecule has 12 heteroatoms. The number of likely N-dealkylation sites (tertiary alicyclic amines) is 1. The van der Waals surface area contributed by atoms with Crippen molar-refractivity contribution in [2.75, 3.05) is 45.3 Å². The molecule has 1 fully saturated rings. The van der Waals surface area contributed by atoms with Gasteiger partial charge in [0, 0.05) is 0 Å². The Morgan fingerprint density at radius 3 is 2.47 bits per heavy atom. The topological polar surface area (TPSA) is 146 Å². The summed E-state index contributed by atoms with van der Waals surface area (Å²) in [6.07, 6.45) is 6.15. The van der Waals surface area contributed by atoms with Gasteiger partial charge in [-0.3, -0.25) is 28.9 Å². The van der Waals surface area contributed by atoms with Crippen LogP contribution in [0.1, 0.15) is 46.0 Å². The molecule has 0 spiro atoms. The molecule has 1 heterocycles. The first-order chi connectivity index (χ1) is 16.2. The van der Waals surface area contributed by atoms with E-state index >= 15 is 0 Å². The quantitative estimate of drug-likeness (QED) is 0.218. The van der Waals surface area contributed by atoms with E-state index in [0.29, 0.717) is 12.2 Å². The van der Waals surface area contributed by atoms with Crippen molar-refractivity contribution in [1.82, 2.24) is 26.2 Å². The van der Waals surface area contributed by atoms with Crippen LogP contribution in [0.5, 0.6) is 0 Å². The number of carbonyl (C=O) groups is 5. The Bertz CT molecular complexity index is 707. The van der Waals surface area contributed by atoms with Gasteiger partial charge in [-0.05, 0) is 57.7 Å². The van der Waals surface area contributed by atoms with Gasteiger partial charge < -0.3 is 26.0 Å². The van der Waals surface area contributed by atoms with Gasteiger partial charge in [0.05, 0.1) is 19.7 Å². The number of rotatable bonds is 15. The van der Waals surface area contributed by atoms with Gasteiger partial charge >= 0.3 is 5.97 Å². The lowest BCUT2D eigenvalue weighted by molar-refractivity contribution is -0.141. The number of esters is 1. The van der Waals surface area contributed by atoms with Crippen LogP contribution in [0.25, 0.3) is 0 Å². The number of amides is 4. The summed E-state index contributed by atoms with van der Waals surface area (Å²) in [7, 11) is 1.20. The highest BCUT2D eigenvalue weighted by Gasteiger charge is 2.33. The summed E-state index contributed by atoms with van der Waals surface area (Å²) in [5.41, 5.74) is 0. The molecule has 4 amide bonds. The number of unbranched alkanes of at least 4 members (excludes halogenated alkanes) is 1. The third kappa shape index (κ3) is 10.7. The van der Waals surface area contributed by atoms with Gasteiger partial charge in [-0.15, -0.1) is 0 Å². The second-order valence-corrected chi connectivity index (χ2v) is 9.18. The first kappa shape index (κ1) is 29.7. The van der Waals surface area contributed by atoms with Crippen molar-refractivity contribution < 1.29 is 28.7 Å². The maximum absolute atomic E-state index is 12.9. The fourth-order valence-corrected chi connectivity index (χ4v) is 4.00. The molecule has 34 heavy (non-hydrogen) atoms. The lowest BCUT2D eigenvalue weighted by Crippen LogP contribution is -2.56. The Kier molecular flexibility index (Phi) is 14.2. The second kappa shape index (κ2) is 16.3. The number of thioether (sulfide) groups is 1. The minimum atomic E-state index is -0.915. The zero-order valence-electron chi connectivity index (χ0n) is 20.6. The summed E-state index contributed by atoms with van der Waals surface area (Å²) in [6.45, 7) is 4.70. The molecule has 1 saturated heterocycles. The highest BCUT2D eigenvalue weighted by molar-refractivity contribution is 7.98.